The van der Waals surface area contributed by atoms with E-state index in [1.54, 1.807) is 0 Å². The molecule has 1 aliphatic rings. The predicted octanol–water partition coefficient (Wildman–Crippen LogP) is 2.64. The Morgan fingerprint density at radius 1 is 1.38 bits per heavy atom. The smallest absolute Gasteiger partial charge is 0.0435 e. The van der Waals surface area contributed by atoms with Gasteiger partial charge in [-0.15, -0.1) is 0 Å². The second kappa shape index (κ2) is 3.52. The van der Waals surface area contributed by atoms with E-state index in [0.717, 1.165) is 23.7 Å². The first-order chi connectivity index (χ1) is 6.25. The predicted molar refractivity (Wildman–Crippen MR) is 57.0 cm³/mol. The van der Waals surface area contributed by atoms with Gasteiger partial charge in [-0.05, 0) is 29.7 Å². The van der Waals surface area contributed by atoms with E-state index in [-0.39, 0.29) is 0 Å². The normalized spacial score (nSPS) is 15.4. The van der Waals surface area contributed by atoms with Gasteiger partial charge in [0.05, 0.1) is 0 Å². The minimum absolute atomic E-state index is 0.842. The Bertz CT molecular complexity index is 349. The topological polar surface area (TPSA) is 12.0 Å². The molecule has 0 spiro atoms. The lowest BCUT2D eigenvalue weighted by Crippen LogP contribution is -2.33. The highest BCUT2D eigenvalue weighted by atomic mass is 35.5. The average molecular weight is 194 g/mol. The monoisotopic (exact) mass is 193 g/mol. The van der Waals surface area contributed by atoms with Crippen LogP contribution in [0.5, 0.6) is 0 Å². The Morgan fingerprint density at radius 3 is 2.69 bits per heavy atom. The molecule has 1 aromatic rings. The summed E-state index contributed by atoms with van der Waals surface area (Å²) in [4.78, 5) is 0. The highest BCUT2D eigenvalue weighted by Crippen LogP contribution is 2.18. The quantitative estimate of drug-likeness (QED) is 0.723. The van der Waals surface area contributed by atoms with Crippen LogP contribution in [-0.2, 0) is 0 Å². The lowest BCUT2D eigenvalue weighted by atomic mass is 10.1. The summed E-state index contributed by atoms with van der Waals surface area (Å²) in [5, 5.41) is 4.05. The minimum Gasteiger partial charge on any atom is -0.309 e. The molecule has 2 heteroatoms. The number of hydrogen-bond acceptors (Lipinski definition) is 1. The molecular formula is C11H12ClN. The van der Waals surface area contributed by atoms with Gasteiger partial charge in [-0.3, -0.25) is 0 Å². The van der Waals surface area contributed by atoms with Gasteiger partial charge in [0.2, 0.25) is 0 Å². The second-order valence-electron chi connectivity index (χ2n) is 3.41. The molecule has 0 amide bonds. The van der Waals surface area contributed by atoms with E-state index in [4.69, 9.17) is 11.6 Å². The van der Waals surface area contributed by atoms with Crippen LogP contribution in [0.1, 0.15) is 11.1 Å². The van der Waals surface area contributed by atoms with Crippen LogP contribution in [0.2, 0.25) is 5.02 Å². The fourth-order valence-corrected chi connectivity index (χ4v) is 1.48. The van der Waals surface area contributed by atoms with Crippen molar-refractivity contribution < 1.29 is 0 Å². The maximum atomic E-state index is 5.93. The van der Waals surface area contributed by atoms with Crippen molar-refractivity contribution in [1.82, 2.24) is 5.32 Å². The first-order valence-electron chi connectivity index (χ1n) is 4.42. The Labute approximate surface area is 83.4 Å². The molecular weight excluding hydrogens is 182 g/mol. The van der Waals surface area contributed by atoms with Gasteiger partial charge in [0.25, 0.3) is 0 Å². The maximum Gasteiger partial charge on any atom is 0.0435 e. The van der Waals surface area contributed by atoms with Crippen LogP contribution in [0.15, 0.2) is 23.8 Å². The molecule has 1 heterocycles. The Kier molecular flexibility index (Phi) is 2.38. The number of nitrogens with one attached hydrogen (secondary N) is 1. The third kappa shape index (κ3) is 1.93. The first-order valence-corrected chi connectivity index (χ1v) is 4.80. The number of benzene rings is 1. The summed E-state index contributed by atoms with van der Waals surface area (Å²) >= 11 is 5.93. The fraction of sp³-hybridized carbons (Fsp3) is 0.273. The van der Waals surface area contributed by atoms with Crippen molar-refractivity contribution in [2.45, 2.75) is 6.92 Å². The third-order valence-electron chi connectivity index (χ3n) is 2.26. The molecule has 0 radical (unpaired) electrons. The number of halogens is 1. The van der Waals surface area contributed by atoms with Gasteiger partial charge in [-0.2, -0.15) is 0 Å². The lowest BCUT2D eigenvalue weighted by molar-refractivity contribution is 0.675. The maximum absolute atomic E-state index is 5.93. The van der Waals surface area contributed by atoms with Gasteiger partial charge in [0.15, 0.2) is 0 Å². The van der Waals surface area contributed by atoms with Crippen molar-refractivity contribution in [3.8, 4) is 0 Å². The molecule has 1 fully saturated rings. The van der Waals surface area contributed by atoms with E-state index < -0.39 is 0 Å². The summed E-state index contributed by atoms with van der Waals surface area (Å²) in [5.74, 6) is 0. The summed E-state index contributed by atoms with van der Waals surface area (Å²) in [7, 11) is 0. The van der Waals surface area contributed by atoms with Gasteiger partial charge >= 0.3 is 0 Å². The fourth-order valence-electron chi connectivity index (χ4n) is 1.36. The van der Waals surface area contributed by atoms with Crippen LogP contribution in [-0.4, -0.2) is 13.1 Å². The van der Waals surface area contributed by atoms with Crippen molar-refractivity contribution in [3.63, 3.8) is 0 Å². The minimum atomic E-state index is 0.842. The first kappa shape index (κ1) is 8.79. The summed E-state index contributed by atoms with van der Waals surface area (Å²) in [6.07, 6.45) is 2.22. The van der Waals surface area contributed by atoms with Gasteiger partial charge < -0.3 is 5.32 Å². The van der Waals surface area contributed by atoms with E-state index >= 15 is 0 Å². The summed E-state index contributed by atoms with van der Waals surface area (Å²) in [6.45, 7) is 4.09. The zero-order valence-corrected chi connectivity index (χ0v) is 8.36. The van der Waals surface area contributed by atoms with Crippen molar-refractivity contribution in [2.24, 2.45) is 0 Å². The standard InChI is InChI=1S/C11H12ClN/c1-8-4-9(2-3-11(8)12)5-10-6-13-7-10/h2-5,13H,6-7H2,1H3. The van der Waals surface area contributed by atoms with E-state index in [2.05, 4.69) is 23.5 Å². The average Bonchev–Trinajstić information content (AvgIpc) is 2.04. The van der Waals surface area contributed by atoms with E-state index in [9.17, 15) is 0 Å². The van der Waals surface area contributed by atoms with Crippen molar-refractivity contribution in [3.05, 3.63) is 39.9 Å². The van der Waals surface area contributed by atoms with E-state index in [1.165, 1.54) is 11.1 Å². The highest BCUT2D eigenvalue weighted by Gasteiger charge is 2.06. The molecule has 1 aliphatic heterocycles. The van der Waals surface area contributed by atoms with Crippen LogP contribution in [0.3, 0.4) is 0 Å². The van der Waals surface area contributed by atoms with Crippen LogP contribution in [0, 0.1) is 6.92 Å². The molecule has 68 valence electrons. The molecule has 13 heavy (non-hydrogen) atoms. The molecule has 0 atom stereocenters. The molecule has 1 nitrogen and oxygen atoms in total. The largest absolute Gasteiger partial charge is 0.309 e. The molecule has 0 bridgehead atoms. The van der Waals surface area contributed by atoms with Crippen LogP contribution < -0.4 is 5.32 Å². The molecule has 2 rings (SSSR count). The Morgan fingerprint density at radius 2 is 2.15 bits per heavy atom. The van der Waals surface area contributed by atoms with Crippen molar-refractivity contribution in [2.75, 3.05) is 13.1 Å². The van der Waals surface area contributed by atoms with Crippen LogP contribution in [0.25, 0.3) is 6.08 Å². The molecule has 1 aromatic carbocycles. The number of aryl methyl sites for hydroxylation is 1. The van der Waals surface area contributed by atoms with Crippen molar-refractivity contribution >= 4 is 17.7 Å². The highest BCUT2D eigenvalue weighted by molar-refractivity contribution is 6.31. The third-order valence-corrected chi connectivity index (χ3v) is 2.68. The van der Waals surface area contributed by atoms with E-state index in [1.807, 2.05) is 13.0 Å². The summed E-state index contributed by atoms with van der Waals surface area (Å²) in [6, 6.07) is 6.13. The number of rotatable bonds is 1. The van der Waals surface area contributed by atoms with E-state index in [0.29, 0.717) is 0 Å². The number of hydrogen-bond donors (Lipinski definition) is 1. The van der Waals surface area contributed by atoms with Gasteiger partial charge in [-0.1, -0.05) is 29.8 Å². The molecule has 0 unspecified atom stereocenters. The SMILES string of the molecule is Cc1cc(C=C2CNC2)ccc1Cl. The van der Waals surface area contributed by atoms with Gasteiger partial charge in [0, 0.05) is 18.1 Å². The Balaban J connectivity index is 2.26. The van der Waals surface area contributed by atoms with Crippen LogP contribution >= 0.6 is 11.6 Å². The molecule has 1 N–H and O–H groups in total. The second-order valence-corrected chi connectivity index (χ2v) is 3.82. The molecule has 0 aromatic heterocycles. The van der Waals surface area contributed by atoms with Crippen molar-refractivity contribution in [1.29, 1.82) is 0 Å². The lowest BCUT2D eigenvalue weighted by Gasteiger charge is -2.18. The molecule has 0 aliphatic carbocycles. The van der Waals surface area contributed by atoms with Gasteiger partial charge in [0.1, 0.15) is 0 Å². The molecule has 1 saturated heterocycles. The summed E-state index contributed by atoms with van der Waals surface area (Å²) in [5.41, 5.74) is 3.85. The van der Waals surface area contributed by atoms with Gasteiger partial charge in [-0.25, -0.2) is 0 Å². The zero-order chi connectivity index (χ0) is 9.26. The summed E-state index contributed by atoms with van der Waals surface area (Å²) < 4.78 is 0. The molecule has 0 saturated carbocycles. The Hall–Kier alpha value is -0.790. The zero-order valence-electron chi connectivity index (χ0n) is 7.60. The van der Waals surface area contributed by atoms with Crippen LogP contribution in [0.4, 0.5) is 0 Å².